The molecule has 158 valence electrons. The summed E-state index contributed by atoms with van der Waals surface area (Å²) in [7, 11) is 0. The van der Waals surface area contributed by atoms with Gasteiger partial charge in [-0.15, -0.1) is 0 Å². The van der Waals surface area contributed by atoms with Gasteiger partial charge in [-0.25, -0.2) is 10.5 Å². The van der Waals surface area contributed by atoms with Crippen LogP contribution in [0.1, 0.15) is 50.4 Å². The van der Waals surface area contributed by atoms with Crippen molar-refractivity contribution in [1.82, 2.24) is 20.8 Å². The summed E-state index contributed by atoms with van der Waals surface area (Å²) < 4.78 is 0. The van der Waals surface area contributed by atoms with E-state index >= 15 is 0 Å². The molecule has 0 unspecified atom stereocenters. The van der Waals surface area contributed by atoms with E-state index in [0.29, 0.717) is 31.5 Å². The lowest BCUT2D eigenvalue weighted by molar-refractivity contribution is -0.141. The third-order valence-corrected chi connectivity index (χ3v) is 4.89. The van der Waals surface area contributed by atoms with Gasteiger partial charge in [0, 0.05) is 11.8 Å². The van der Waals surface area contributed by atoms with Crippen LogP contribution in [0.15, 0.2) is 36.4 Å². The Morgan fingerprint density at radius 3 is 2.60 bits per heavy atom. The van der Waals surface area contributed by atoms with E-state index < -0.39 is 30.2 Å². The number of rotatable bonds is 10. The van der Waals surface area contributed by atoms with Crippen molar-refractivity contribution in [2.75, 3.05) is 0 Å². The molecule has 3 aromatic rings. The van der Waals surface area contributed by atoms with Gasteiger partial charge in [-0.3, -0.25) is 19.6 Å². The lowest BCUT2D eigenvalue weighted by Crippen LogP contribution is -2.30. The minimum absolute atomic E-state index is 0.211. The number of imidazole rings is 1. The zero-order valence-corrected chi connectivity index (χ0v) is 16.4. The topological polar surface area (TPSA) is 144 Å². The number of aromatic nitrogens is 2. The fourth-order valence-electron chi connectivity index (χ4n) is 3.45. The van der Waals surface area contributed by atoms with Crippen LogP contribution in [0.3, 0.4) is 0 Å². The highest BCUT2D eigenvalue weighted by molar-refractivity contribution is 6.04. The van der Waals surface area contributed by atoms with E-state index in [1.165, 1.54) is 0 Å². The molecule has 0 fully saturated rings. The highest BCUT2D eigenvalue weighted by atomic mass is 16.5. The van der Waals surface area contributed by atoms with E-state index in [9.17, 15) is 14.4 Å². The minimum atomic E-state index is -1.20. The molecular weight excluding hydrogens is 388 g/mol. The number of nitrogens with zero attached hydrogens (tertiary/aromatic N) is 1. The van der Waals surface area contributed by atoms with E-state index in [-0.39, 0.29) is 6.42 Å². The summed E-state index contributed by atoms with van der Waals surface area (Å²) in [6, 6.07) is 11.3. The number of carboxylic acids is 1. The van der Waals surface area contributed by atoms with Gasteiger partial charge in [0.05, 0.1) is 17.1 Å². The number of hydroxylamine groups is 1. The number of unbranched alkanes of at least 4 members (excludes halogenated alkanes) is 2. The molecule has 5 N–H and O–H groups in total. The number of amides is 2. The van der Waals surface area contributed by atoms with Crippen LogP contribution in [0, 0.1) is 0 Å². The SMILES string of the molecule is O=C(O)CC(=O)N[C@@H](CCCCCC(=O)NO)c1nc2c(ccc3ccccc32)[nH]1. The Bertz CT molecular complexity index is 1060. The largest absolute Gasteiger partial charge is 0.481 e. The number of nitrogens with one attached hydrogen (secondary N) is 3. The van der Waals surface area contributed by atoms with E-state index in [2.05, 4.69) is 10.3 Å². The van der Waals surface area contributed by atoms with Crippen molar-refractivity contribution in [3.8, 4) is 0 Å². The van der Waals surface area contributed by atoms with Crippen molar-refractivity contribution in [1.29, 1.82) is 0 Å². The van der Waals surface area contributed by atoms with Crippen LogP contribution in [-0.4, -0.2) is 38.1 Å². The van der Waals surface area contributed by atoms with Gasteiger partial charge in [-0.1, -0.05) is 43.2 Å². The predicted molar refractivity (Wildman–Crippen MR) is 110 cm³/mol. The third kappa shape index (κ3) is 5.32. The van der Waals surface area contributed by atoms with Gasteiger partial charge in [0.25, 0.3) is 0 Å². The smallest absolute Gasteiger partial charge is 0.312 e. The highest BCUT2D eigenvalue weighted by Crippen LogP contribution is 2.27. The van der Waals surface area contributed by atoms with Crippen LogP contribution in [0.2, 0.25) is 0 Å². The van der Waals surface area contributed by atoms with Crippen molar-refractivity contribution in [3.63, 3.8) is 0 Å². The summed E-state index contributed by atoms with van der Waals surface area (Å²) in [5, 5.41) is 22.2. The summed E-state index contributed by atoms with van der Waals surface area (Å²) in [6.45, 7) is 0. The molecule has 0 saturated heterocycles. The molecule has 0 bridgehead atoms. The Kier molecular flexibility index (Phi) is 6.97. The first-order chi connectivity index (χ1) is 14.5. The number of fused-ring (bicyclic) bond motifs is 3. The van der Waals surface area contributed by atoms with Crippen molar-refractivity contribution in [2.24, 2.45) is 0 Å². The van der Waals surface area contributed by atoms with Crippen LogP contribution >= 0.6 is 0 Å². The van der Waals surface area contributed by atoms with Gasteiger partial charge in [-0.05, 0) is 24.3 Å². The lowest BCUT2D eigenvalue weighted by atomic mass is 10.1. The van der Waals surface area contributed by atoms with Gasteiger partial charge in [0.2, 0.25) is 11.8 Å². The molecule has 1 atom stereocenters. The first-order valence-corrected chi connectivity index (χ1v) is 9.79. The Hall–Kier alpha value is -3.46. The number of hydrogen-bond acceptors (Lipinski definition) is 5. The Labute approximate surface area is 172 Å². The fraction of sp³-hybridized carbons (Fsp3) is 0.333. The molecule has 2 amide bonds. The second-order valence-corrected chi connectivity index (χ2v) is 7.13. The molecule has 9 nitrogen and oxygen atoms in total. The summed E-state index contributed by atoms with van der Waals surface area (Å²) in [6.07, 6.45) is 2.12. The molecule has 0 saturated carbocycles. The maximum absolute atomic E-state index is 12.1. The monoisotopic (exact) mass is 412 g/mol. The normalized spacial score (nSPS) is 12.0. The zero-order chi connectivity index (χ0) is 21.5. The summed E-state index contributed by atoms with van der Waals surface area (Å²) in [5.41, 5.74) is 3.22. The molecular formula is C21H24N4O5. The Morgan fingerprint density at radius 2 is 1.83 bits per heavy atom. The van der Waals surface area contributed by atoms with E-state index in [1.807, 2.05) is 36.4 Å². The molecule has 0 aliphatic heterocycles. The summed E-state index contributed by atoms with van der Waals surface area (Å²) in [5.74, 6) is -1.66. The zero-order valence-electron chi connectivity index (χ0n) is 16.4. The minimum Gasteiger partial charge on any atom is -0.481 e. The summed E-state index contributed by atoms with van der Waals surface area (Å²) >= 11 is 0. The maximum atomic E-state index is 12.1. The van der Waals surface area contributed by atoms with Crippen LogP contribution < -0.4 is 10.8 Å². The fourth-order valence-corrected chi connectivity index (χ4v) is 3.45. The van der Waals surface area contributed by atoms with Crippen molar-refractivity contribution in [3.05, 3.63) is 42.2 Å². The predicted octanol–water partition coefficient (Wildman–Crippen LogP) is 2.80. The number of benzene rings is 2. The van der Waals surface area contributed by atoms with Gasteiger partial charge < -0.3 is 15.4 Å². The molecule has 30 heavy (non-hydrogen) atoms. The molecule has 0 spiro atoms. The van der Waals surface area contributed by atoms with Gasteiger partial charge in [-0.2, -0.15) is 0 Å². The molecule has 2 aromatic carbocycles. The molecule has 1 aromatic heterocycles. The van der Waals surface area contributed by atoms with Gasteiger partial charge in [0.15, 0.2) is 0 Å². The Morgan fingerprint density at radius 1 is 1.03 bits per heavy atom. The third-order valence-electron chi connectivity index (χ3n) is 4.89. The molecule has 9 heteroatoms. The van der Waals surface area contributed by atoms with E-state index in [1.54, 1.807) is 5.48 Å². The maximum Gasteiger partial charge on any atom is 0.312 e. The number of carbonyl (C=O) groups excluding carboxylic acids is 2. The Balaban J connectivity index is 1.78. The number of aliphatic carboxylic acids is 1. The molecule has 3 rings (SSSR count). The molecule has 0 radical (unpaired) electrons. The van der Waals surface area contributed by atoms with Crippen molar-refractivity contribution in [2.45, 2.75) is 44.6 Å². The quantitative estimate of drug-likeness (QED) is 0.150. The van der Waals surface area contributed by atoms with Crippen LogP contribution in [-0.2, 0) is 14.4 Å². The lowest BCUT2D eigenvalue weighted by Gasteiger charge is -2.16. The second kappa shape index (κ2) is 9.84. The second-order valence-electron chi connectivity index (χ2n) is 7.13. The van der Waals surface area contributed by atoms with E-state index in [4.69, 9.17) is 15.3 Å². The molecule has 0 aliphatic carbocycles. The van der Waals surface area contributed by atoms with Crippen LogP contribution in [0.25, 0.3) is 21.8 Å². The average Bonchev–Trinajstić information content (AvgIpc) is 3.16. The molecule has 1 heterocycles. The number of aromatic amines is 1. The summed E-state index contributed by atoms with van der Waals surface area (Å²) in [4.78, 5) is 42.0. The van der Waals surface area contributed by atoms with Gasteiger partial charge >= 0.3 is 5.97 Å². The average molecular weight is 412 g/mol. The number of carboxylic acid groups (broad SMARTS) is 1. The number of H-pyrrole nitrogens is 1. The van der Waals surface area contributed by atoms with Crippen LogP contribution in [0.4, 0.5) is 0 Å². The molecule has 0 aliphatic rings. The van der Waals surface area contributed by atoms with Crippen molar-refractivity contribution >= 4 is 39.6 Å². The van der Waals surface area contributed by atoms with Gasteiger partial charge in [0.1, 0.15) is 12.2 Å². The van der Waals surface area contributed by atoms with Crippen molar-refractivity contribution < 1.29 is 24.7 Å². The first-order valence-electron chi connectivity index (χ1n) is 9.79. The van der Waals surface area contributed by atoms with Crippen LogP contribution in [0.5, 0.6) is 0 Å². The first kappa shape index (κ1) is 21.3. The number of carbonyl (C=O) groups is 3. The number of hydrogen-bond donors (Lipinski definition) is 5. The highest BCUT2D eigenvalue weighted by Gasteiger charge is 2.20. The van der Waals surface area contributed by atoms with E-state index in [0.717, 1.165) is 21.8 Å². The standard InChI is InChI=1S/C21H24N4O5/c26-17(25-30)9-3-1-2-8-16(22-18(27)12-19(28)29)21-23-15-11-10-13-6-4-5-7-14(13)20(15)24-21/h4-7,10-11,16,30H,1-3,8-9,12H2,(H,22,27)(H,23,24)(H,25,26)(H,28,29)/t16-/m0/s1.